The van der Waals surface area contributed by atoms with Gasteiger partial charge in [0.05, 0.1) is 17.3 Å². The number of carbonyl (C=O) groups excluding carboxylic acids is 1. The summed E-state index contributed by atoms with van der Waals surface area (Å²) in [6.45, 7) is 4.69. The Morgan fingerprint density at radius 1 is 1.61 bits per heavy atom. The monoisotopic (exact) mass is 407 g/mol. The van der Waals surface area contributed by atoms with Gasteiger partial charge in [-0.15, -0.1) is 12.4 Å². The fourth-order valence-electron chi connectivity index (χ4n) is 2.91. The molecule has 0 radical (unpaired) electrons. The molecular formula is C15H23BrClN3O3. The second-order valence-electron chi connectivity index (χ2n) is 5.34. The number of phenolic OH excluding ortho intramolecular Hbond substituents is 1. The molecule has 1 atom stereocenters. The van der Waals surface area contributed by atoms with Crippen LogP contribution >= 0.6 is 28.3 Å². The summed E-state index contributed by atoms with van der Waals surface area (Å²) in [6, 6.07) is 1.85. The third kappa shape index (κ3) is 4.22. The number of ether oxygens (including phenoxy) is 1. The van der Waals surface area contributed by atoms with E-state index in [0.717, 1.165) is 25.9 Å². The molecule has 1 aliphatic heterocycles. The van der Waals surface area contributed by atoms with Crippen molar-refractivity contribution in [3.63, 3.8) is 0 Å². The summed E-state index contributed by atoms with van der Waals surface area (Å²) >= 11 is 3.19. The van der Waals surface area contributed by atoms with Crippen LogP contribution in [0.3, 0.4) is 0 Å². The van der Waals surface area contributed by atoms with E-state index in [1.807, 2.05) is 0 Å². The lowest BCUT2D eigenvalue weighted by molar-refractivity contribution is 0.0935. The standard InChI is InChI=1S/C15H22BrN3O3.ClH/c1-3-19-6-4-5-9(19)8-18-15(21)12-13(20)10(16)7-11(17)14(12)22-2;/h7,9,20H,3-6,8,17H2,1-2H3,(H,18,21);1H/t9-;/m0./s1. The van der Waals surface area contributed by atoms with E-state index in [0.29, 0.717) is 22.7 Å². The van der Waals surface area contributed by atoms with Gasteiger partial charge in [-0.3, -0.25) is 9.69 Å². The molecule has 0 saturated carbocycles. The van der Waals surface area contributed by atoms with Crippen molar-refractivity contribution in [1.82, 2.24) is 10.2 Å². The minimum Gasteiger partial charge on any atom is -0.506 e. The number of phenols is 1. The van der Waals surface area contributed by atoms with Crippen LogP contribution in [0.4, 0.5) is 5.69 Å². The van der Waals surface area contributed by atoms with E-state index >= 15 is 0 Å². The minimum atomic E-state index is -0.384. The van der Waals surface area contributed by atoms with Crippen molar-refractivity contribution >= 4 is 39.9 Å². The third-order valence-electron chi connectivity index (χ3n) is 4.07. The zero-order chi connectivity index (χ0) is 16.3. The molecule has 130 valence electrons. The molecule has 2 rings (SSSR count). The van der Waals surface area contributed by atoms with Crippen LogP contribution in [0.25, 0.3) is 0 Å². The van der Waals surface area contributed by atoms with Gasteiger partial charge in [-0.2, -0.15) is 0 Å². The molecule has 8 heteroatoms. The number of aromatic hydroxyl groups is 1. The lowest BCUT2D eigenvalue weighted by Crippen LogP contribution is -2.40. The summed E-state index contributed by atoms with van der Waals surface area (Å²) in [6.07, 6.45) is 2.21. The van der Waals surface area contributed by atoms with Gasteiger partial charge in [0.2, 0.25) is 0 Å². The first kappa shape index (κ1) is 19.9. The third-order valence-corrected chi connectivity index (χ3v) is 4.67. The number of nitrogens with zero attached hydrogens (tertiary/aromatic N) is 1. The Balaban J connectivity index is 0.00000264. The van der Waals surface area contributed by atoms with Crippen molar-refractivity contribution < 1.29 is 14.6 Å². The number of hydrogen-bond donors (Lipinski definition) is 3. The number of amides is 1. The molecule has 1 fully saturated rings. The van der Waals surface area contributed by atoms with E-state index in [1.54, 1.807) is 0 Å². The molecule has 0 spiro atoms. The van der Waals surface area contributed by atoms with Crippen LogP contribution in [0, 0.1) is 0 Å². The molecule has 0 unspecified atom stereocenters. The van der Waals surface area contributed by atoms with Gasteiger partial charge in [0.15, 0.2) is 5.75 Å². The number of rotatable bonds is 5. The second-order valence-corrected chi connectivity index (χ2v) is 6.19. The van der Waals surface area contributed by atoms with Crippen molar-refractivity contribution in [1.29, 1.82) is 0 Å². The van der Waals surface area contributed by atoms with Gasteiger partial charge in [0.1, 0.15) is 11.3 Å². The van der Waals surface area contributed by atoms with Crippen LogP contribution < -0.4 is 15.8 Å². The van der Waals surface area contributed by atoms with E-state index in [4.69, 9.17) is 10.5 Å². The summed E-state index contributed by atoms with van der Waals surface area (Å²) in [5.74, 6) is -0.357. The summed E-state index contributed by atoms with van der Waals surface area (Å²) in [5.41, 5.74) is 6.21. The van der Waals surface area contributed by atoms with Crippen LogP contribution in [-0.4, -0.2) is 48.7 Å². The van der Waals surface area contributed by atoms with Gasteiger partial charge < -0.3 is 20.9 Å². The second kappa shape index (κ2) is 8.61. The lowest BCUT2D eigenvalue weighted by Gasteiger charge is -2.23. The Hall–Kier alpha value is -1.18. The van der Waals surface area contributed by atoms with E-state index in [-0.39, 0.29) is 35.4 Å². The first-order chi connectivity index (χ1) is 10.5. The quantitative estimate of drug-likeness (QED) is 0.514. The van der Waals surface area contributed by atoms with Gasteiger partial charge in [0.25, 0.3) is 5.91 Å². The van der Waals surface area contributed by atoms with Crippen molar-refractivity contribution in [3.05, 3.63) is 16.1 Å². The number of carbonyl (C=O) groups is 1. The molecule has 0 aliphatic carbocycles. The Labute approximate surface area is 150 Å². The van der Waals surface area contributed by atoms with E-state index < -0.39 is 0 Å². The van der Waals surface area contributed by atoms with E-state index in [1.165, 1.54) is 13.2 Å². The number of benzene rings is 1. The SMILES string of the molecule is CCN1CCC[C@H]1CNC(=O)c1c(O)c(Br)cc(N)c1OC.Cl. The first-order valence-corrected chi connectivity index (χ1v) is 8.16. The van der Waals surface area contributed by atoms with Gasteiger partial charge >= 0.3 is 0 Å². The first-order valence-electron chi connectivity index (χ1n) is 7.36. The Morgan fingerprint density at radius 2 is 2.30 bits per heavy atom. The number of nitrogens with one attached hydrogen (secondary N) is 1. The maximum absolute atomic E-state index is 12.5. The fraction of sp³-hybridized carbons (Fsp3) is 0.533. The zero-order valence-corrected chi connectivity index (χ0v) is 15.7. The predicted molar refractivity (Wildman–Crippen MR) is 96.6 cm³/mol. The zero-order valence-electron chi connectivity index (χ0n) is 13.3. The number of methoxy groups -OCH3 is 1. The topological polar surface area (TPSA) is 87.8 Å². The Bertz CT molecular complexity index is 571. The van der Waals surface area contributed by atoms with E-state index in [9.17, 15) is 9.90 Å². The Morgan fingerprint density at radius 3 is 2.91 bits per heavy atom. The highest BCUT2D eigenvalue weighted by Gasteiger charge is 2.26. The summed E-state index contributed by atoms with van der Waals surface area (Å²) in [4.78, 5) is 14.8. The number of nitrogens with two attached hydrogens (primary N) is 1. The molecule has 1 aliphatic rings. The molecule has 1 aromatic carbocycles. The fourth-order valence-corrected chi connectivity index (χ4v) is 3.36. The normalized spacial score (nSPS) is 17.6. The smallest absolute Gasteiger partial charge is 0.259 e. The number of anilines is 1. The highest BCUT2D eigenvalue weighted by Crippen LogP contribution is 2.39. The lowest BCUT2D eigenvalue weighted by atomic mass is 10.1. The molecule has 1 amide bonds. The Kier molecular flexibility index (Phi) is 7.44. The van der Waals surface area contributed by atoms with Gasteiger partial charge in [-0.05, 0) is 47.9 Å². The molecule has 0 aromatic heterocycles. The molecule has 6 nitrogen and oxygen atoms in total. The van der Waals surface area contributed by atoms with E-state index in [2.05, 4.69) is 33.1 Å². The highest BCUT2D eigenvalue weighted by atomic mass is 79.9. The number of halogens is 2. The van der Waals surface area contributed by atoms with Gasteiger partial charge in [-0.1, -0.05) is 6.92 Å². The molecular weight excluding hydrogens is 386 g/mol. The maximum atomic E-state index is 12.5. The van der Waals surface area contributed by atoms with Crippen molar-refractivity contribution in [2.45, 2.75) is 25.8 Å². The van der Waals surface area contributed by atoms with Gasteiger partial charge in [0, 0.05) is 12.6 Å². The molecule has 1 heterocycles. The van der Waals surface area contributed by atoms with Crippen molar-refractivity contribution in [2.75, 3.05) is 32.5 Å². The summed E-state index contributed by atoms with van der Waals surface area (Å²) < 4.78 is 5.54. The average Bonchev–Trinajstić information content (AvgIpc) is 2.95. The number of hydrogen-bond acceptors (Lipinski definition) is 5. The number of likely N-dealkylation sites (N-methyl/N-ethyl adjacent to an activating group) is 1. The number of nitrogen functional groups attached to an aromatic ring is 1. The predicted octanol–water partition coefficient (Wildman–Crippen LogP) is 2.38. The van der Waals surface area contributed by atoms with Crippen molar-refractivity contribution in [3.8, 4) is 11.5 Å². The highest BCUT2D eigenvalue weighted by molar-refractivity contribution is 9.10. The summed E-state index contributed by atoms with van der Waals surface area (Å²) in [5, 5.41) is 13.0. The van der Waals surface area contributed by atoms with Gasteiger partial charge in [-0.25, -0.2) is 0 Å². The van der Waals surface area contributed by atoms with Crippen molar-refractivity contribution in [2.24, 2.45) is 0 Å². The molecule has 4 N–H and O–H groups in total. The largest absolute Gasteiger partial charge is 0.506 e. The van der Waals surface area contributed by atoms with Crippen LogP contribution in [0.15, 0.2) is 10.5 Å². The van der Waals surface area contributed by atoms with Crippen LogP contribution in [0.5, 0.6) is 11.5 Å². The maximum Gasteiger partial charge on any atom is 0.259 e. The molecule has 0 bridgehead atoms. The average molecular weight is 409 g/mol. The molecule has 1 saturated heterocycles. The molecule has 1 aromatic rings. The van der Waals surface area contributed by atoms with Crippen LogP contribution in [-0.2, 0) is 0 Å². The summed E-state index contributed by atoms with van der Waals surface area (Å²) in [7, 11) is 1.42. The molecule has 23 heavy (non-hydrogen) atoms. The van der Waals surface area contributed by atoms with Crippen LogP contribution in [0.1, 0.15) is 30.1 Å². The number of likely N-dealkylation sites (tertiary alicyclic amines) is 1. The minimum absolute atomic E-state index is 0. The van der Waals surface area contributed by atoms with Crippen LogP contribution in [0.2, 0.25) is 0 Å².